The van der Waals surface area contributed by atoms with E-state index in [1.165, 1.54) is 20.3 Å². The Hall–Kier alpha value is -1.80. The van der Waals surface area contributed by atoms with E-state index in [1.807, 2.05) is 23.6 Å². The first-order valence-corrected chi connectivity index (χ1v) is 10.1. The van der Waals surface area contributed by atoms with Crippen LogP contribution in [0, 0.1) is 0 Å². The van der Waals surface area contributed by atoms with Crippen LogP contribution < -0.4 is 14.2 Å². The van der Waals surface area contributed by atoms with Crippen molar-refractivity contribution < 1.29 is 17.9 Å². The molecule has 0 aliphatic heterocycles. The highest BCUT2D eigenvalue weighted by molar-refractivity contribution is 7.89. The van der Waals surface area contributed by atoms with E-state index in [-0.39, 0.29) is 17.2 Å². The number of benzene rings is 2. The number of hydrogen-bond donors (Lipinski definition) is 1. The molecule has 2 aromatic carbocycles. The smallest absolute Gasteiger partial charge is 0.244 e. The monoisotopic (exact) mass is 397 g/mol. The van der Waals surface area contributed by atoms with Gasteiger partial charge in [-0.25, -0.2) is 13.1 Å². The molecule has 0 radical (unpaired) electrons. The van der Waals surface area contributed by atoms with Gasteiger partial charge in [0, 0.05) is 22.3 Å². The number of ether oxygens (including phenoxy) is 2. The summed E-state index contributed by atoms with van der Waals surface area (Å²) in [5, 5.41) is 3.48. The van der Waals surface area contributed by atoms with Gasteiger partial charge < -0.3 is 9.47 Å². The largest absolute Gasteiger partial charge is 0.497 e. The van der Waals surface area contributed by atoms with Gasteiger partial charge in [0.05, 0.1) is 14.2 Å². The molecule has 8 heteroatoms. The summed E-state index contributed by atoms with van der Waals surface area (Å²) in [6.07, 6.45) is 0. The van der Waals surface area contributed by atoms with Crippen molar-refractivity contribution >= 4 is 43.0 Å². The first-order chi connectivity index (χ1) is 11.9. The van der Waals surface area contributed by atoms with Crippen molar-refractivity contribution in [2.45, 2.75) is 11.4 Å². The fourth-order valence-corrected chi connectivity index (χ4v) is 4.74. The zero-order valence-corrected chi connectivity index (χ0v) is 16.0. The topological polar surface area (TPSA) is 64.6 Å². The normalized spacial score (nSPS) is 11.6. The summed E-state index contributed by atoms with van der Waals surface area (Å²) in [6, 6.07) is 10.2. The molecule has 0 amide bonds. The van der Waals surface area contributed by atoms with E-state index in [0.717, 1.165) is 15.6 Å². The fraction of sp³-hybridized carbons (Fsp3) is 0.176. The minimum Gasteiger partial charge on any atom is -0.497 e. The van der Waals surface area contributed by atoms with Crippen LogP contribution in [0.3, 0.4) is 0 Å². The molecule has 3 rings (SSSR count). The molecule has 0 saturated carbocycles. The van der Waals surface area contributed by atoms with E-state index in [1.54, 1.807) is 23.5 Å². The molecule has 0 aliphatic rings. The predicted octanol–water partition coefficient (Wildman–Crippen LogP) is 4.05. The summed E-state index contributed by atoms with van der Waals surface area (Å²) in [4.78, 5) is 0.0342. The number of sulfonamides is 1. The lowest BCUT2D eigenvalue weighted by molar-refractivity contribution is 0.392. The third-order valence-corrected chi connectivity index (χ3v) is 6.40. The molecular weight excluding hydrogens is 382 g/mol. The van der Waals surface area contributed by atoms with E-state index in [4.69, 9.17) is 21.1 Å². The van der Waals surface area contributed by atoms with Crippen LogP contribution in [-0.4, -0.2) is 22.6 Å². The summed E-state index contributed by atoms with van der Waals surface area (Å²) in [6.45, 7) is 0.156. The second-order valence-corrected chi connectivity index (χ2v) is 8.33. The highest BCUT2D eigenvalue weighted by Crippen LogP contribution is 2.30. The average molecular weight is 398 g/mol. The second kappa shape index (κ2) is 7.21. The molecule has 132 valence electrons. The lowest BCUT2D eigenvalue weighted by atomic mass is 10.2. The Balaban J connectivity index is 1.90. The molecule has 0 atom stereocenters. The maximum Gasteiger partial charge on any atom is 0.244 e. The molecule has 5 nitrogen and oxygen atoms in total. The molecule has 0 bridgehead atoms. The standard InChI is InChI=1S/C17H16ClNO4S2/c1-22-13-4-5-15(23-2)17(8-13)25(20,21)19-9-11-10-24-16-6-3-12(18)7-14(11)16/h3-8,10,19H,9H2,1-2H3. The number of halogens is 1. The van der Waals surface area contributed by atoms with Crippen LogP contribution in [0.1, 0.15) is 5.56 Å². The molecule has 0 spiro atoms. The van der Waals surface area contributed by atoms with Crippen molar-refractivity contribution in [1.82, 2.24) is 4.72 Å². The second-order valence-electron chi connectivity index (χ2n) is 5.24. The molecule has 1 heterocycles. The number of fused-ring (bicyclic) bond motifs is 1. The van der Waals surface area contributed by atoms with Crippen molar-refractivity contribution in [2.24, 2.45) is 0 Å². The summed E-state index contributed by atoms with van der Waals surface area (Å²) < 4.78 is 39.4. The summed E-state index contributed by atoms with van der Waals surface area (Å²) in [5.74, 6) is 0.695. The first kappa shape index (κ1) is 18.0. The number of thiophene rings is 1. The number of methoxy groups -OCH3 is 2. The van der Waals surface area contributed by atoms with E-state index in [0.29, 0.717) is 10.8 Å². The highest BCUT2D eigenvalue weighted by Gasteiger charge is 2.21. The van der Waals surface area contributed by atoms with Crippen molar-refractivity contribution in [3.63, 3.8) is 0 Å². The van der Waals surface area contributed by atoms with Crippen LogP contribution in [0.4, 0.5) is 0 Å². The molecule has 0 fully saturated rings. The van der Waals surface area contributed by atoms with E-state index in [9.17, 15) is 8.42 Å². The van der Waals surface area contributed by atoms with Gasteiger partial charge in [-0.15, -0.1) is 11.3 Å². The molecular formula is C17H16ClNO4S2. The Bertz CT molecular complexity index is 1010. The van der Waals surface area contributed by atoms with Crippen LogP contribution >= 0.6 is 22.9 Å². The van der Waals surface area contributed by atoms with Crippen molar-refractivity contribution in [2.75, 3.05) is 14.2 Å². The minimum atomic E-state index is -3.77. The Morgan fingerprint density at radius 1 is 1.12 bits per heavy atom. The zero-order valence-electron chi connectivity index (χ0n) is 13.6. The number of rotatable bonds is 6. The van der Waals surface area contributed by atoms with Gasteiger partial charge in [-0.2, -0.15) is 0 Å². The van der Waals surface area contributed by atoms with Gasteiger partial charge >= 0.3 is 0 Å². The molecule has 25 heavy (non-hydrogen) atoms. The van der Waals surface area contributed by atoms with Crippen LogP contribution in [-0.2, 0) is 16.6 Å². The van der Waals surface area contributed by atoms with Crippen LogP contribution in [0.2, 0.25) is 5.02 Å². The maximum atomic E-state index is 12.7. The molecule has 3 aromatic rings. The van der Waals surface area contributed by atoms with Gasteiger partial charge in [0.25, 0.3) is 0 Å². The number of nitrogens with one attached hydrogen (secondary N) is 1. The lowest BCUT2D eigenvalue weighted by Crippen LogP contribution is -2.23. The highest BCUT2D eigenvalue weighted by atomic mass is 35.5. The van der Waals surface area contributed by atoms with E-state index < -0.39 is 10.0 Å². The fourth-order valence-electron chi connectivity index (χ4n) is 2.44. The van der Waals surface area contributed by atoms with Gasteiger partial charge in [0.2, 0.25) is 10.0 Å². The van der Waals surface area contributed by atoms with Gasteiger partial charge in [-0.1, -0.05) is 11.6 Å². The average Bonchev–Trinajstić information content (AvgIpc) is 3.01. The summed E-state index contributed by atoms with van der Waals surface area (Å²) in [7, 11) is -0.869. The van der Waals surface area contributed by atoms with Gasteiger partial charge in [0.15, 0.2) is 0 Å². The maximum absolute atomic E-state index is 12.7. The molecule has 0 unspecified atom stereocenters. The van der Waals surface area contributed by atoms with Crippen molar-refractivity contribution in [3.8, 4) is 11.5 Å². The van der Waals surface area contributed by atoms with Gasteiger partial charge in [-0.05, 0) is 46.7 Å². The van der Waals surface area contributed by atoms with Crippen LogP contribution in [0.25, 0.3) is 10.1 Å². The van der Waals surface area contributed by atoms with Gasteiger partial charge in [-0.3, -0.25) is 0 Å². The lowest BCUT2D eigenvalue weighted by Gasteiger charge is -2.12. The van der Waals surface area contributed by atoms with Gasteiger partial charge in [0.1, 0.15) is 16.4 Å². The molecule has 0 aliphatic carbocycles. The van der Waals surface area contributed by atoms with Crippen LogP contribution in [0.15, 0.2) is 46.7 Å². The Labute approximate surface area is 155 Å². The zero-order chi connectivity index (χ0) is 18.0. The first-order valence-electron chi connectivity index (χ1n) is 7.32. The Morgan fingerprint density at radius 3 is 2.64 bits per heavy atom. The van der Waals surface area contributed by atoms with E-state index >= 15 is 0 Å². The Morgan fingerprint density at radius 2 is 1.92 bits per heavy atom. The van der Waals surface area contributed by atoms with Crippen molar-refractivity contribution in [3.05, 3.63) is 52.4 Å². The molecule has 1 N–H and O–H groups in total. The summed E-state index contributed by atoms with van der Waals surface area (Å²) in [5.41, 5.74) is 0.868. The van der Waals surface area contributed by atoms with Crippen molar-refractivity contribution in [1.29, 1.82) is 0 Å². The third kappa shape index (κ3) is 3.74. The minimum absolute atomic E-state index is 0.0342. The third-order valence-electron chi connectivity index (χ3n) is 3.73. The number of hydrogen-bond acceptors (Lipinski definition) is 5. The molecule has 1 aromatic heterocycles. The molecule has 0 saturated heterocycles. The van der Waals surface area contributed by atoms with E-state index in [2.05, 4.69) is 4.72 Å². The van der Waals surface area contributed by atoms with Crippen LogP contribution in [0.5, 0.6) is 11.5 Å². The predicted molar refractivity (Wildman–Crippen MR) is 100 cm³/mol. The summed E-state index contributed by atoms with van der Waals surface area (Å²) >= 11 is 7.59. The Kier molecular flexibility index (Phi) is 5.19. The quantitative estimate of drug-likeness (QED) is 0.681. The SMILES string of the molecule is COc1ccc(OC)c(S(=O)(=O)NCc2csc3ccc(Cl)cc23)c1.